The fourth-order valence-corrected chi connectivity index (χ4v) is 8.29. The lowest BCUT2D eigenvalue weighted by Crippen LogP contribution is -2.61. The topological polar surface area (TPSA) is 398 Å². The Bertz CT molecular complexity index is 2620. The highest BCUT2D eigenvalue weighted by molar-refractivity contribution is 7.80. The Labute approximate surface area is 444 Å². The summed E-state index contributed by atoms with van der Waals surface area (Å²) in [6.45, 7) is 3.48. The first-order valence-electron chi connectivity index (χ1n) is 24.1. The molecule has 0 aliphatic rings. The van der Waals surface area contributed by atoms with Crippen molar-refractivity contribution in [1.29, 1.82) is 0 Å². The summed E-state index contributed by atoms with van der Waals surface area (Å²) in [5.74, 6) is -9.46. The Morgan fingerprint density at radius 2 is 1.09 bits per heavy atom. The van der Waals surface area contributed by atoms with Gasteiger partial charge in [-0.2, -0.15) is 25.3 Å². The number of amides is 8. The Hall–Kier alpha value is -7.35. The molecule has 0 spiro atoms. The molecule has 0 saturated heterocycles. The van der Waals surface area contributed by atoms with Crippen LogP contribution < -0.4 is 60.2 Å². The summed E-state index contributed by atoms with van der Waals surface area (Å²) in [6, 6.07) is 9.05. The summed E-state index contributed by atoms with van der Waals surface area (Å²) in [7, 11) is 0. The minimum atomic E-state index is -1.59. The molecular formula is C50H68N12O11S2. The van der Waals surface area contributed by atoms with Crippen molar-refractivity contribution in [3.05, 3.63) is 95.7 Å². The highest BCUT2D eigenvalue weighted by Gasteiger charge is 2.35. The summed E-state index contributed by atoms with van der Waals surface area (Å²) in [5.41, 5.74) is 26.1. The number of nitrogen functional groups attached to an aromatic ring is 1. The minimum Gasteiger partial charge on any atom is -0.508 e. The third kappa shape index (κ3) is 18.8. The van der Waals surface area contributed by atoms with Crippen molar-refractivity contribution in [2.45, 2.75) is 107 Å². The number of rotatable bonds is 30. The number of H-pyrrole nitrogens is 1. The Balaban J connectivity index is 1.62. The van der Waals surface area contributed by atoms with Gasteiger partial charge in [-0.05, 0) is 85.2 Å². The Morgan fingerprint density at radius 3 is 1.65 bits per heavy atom. The number of unbranched alkanes of at least 4 members (excludes halogenated alkanes) is 1. The van der Waals surface area contributed by atoms with Gasteiger partial charge in [0.05, 0.1) is 12.5 Å². The van der Waals surface area contributed by atoms with Crippen LogP contribution in [0.3, 0.4) is 0 Å². The van der Waals surface area contributed by atoms with Crippen LogP contribution in [0.2, 0.25) is 0 Å². The number of hydrogen-bond donors (Lipinski definition) is 16. The molecule has 18 N–H and O–H groups in total. The zero-order valence-electron chi connectivity index (χ0n) is 41.5. The van der Waals surface area contributed by atoms with Crippen molar-refractivity contribution in [2.75, 3.05) is 23.8 Å². The lowest BCUT2D eigenvalue weighted by molar-refractivity contribution is -0.140. The number of nitrogens with two attached hydrogens (primary N) is 4. The molecule has 3 aromatic carbocycles. The molecule has 0 aliphatic carbocycles. The van der Waals surface area contributed by atoms with Crippen LogP contribution in [0, 0.1) is 5.92 Å². The first-order valence-corrected chi connectivity index (χ1v) is 25.4. The molecule has 4 aromatic rings. The van der Waals surface area contributed by atoms with E-state index in [-0.39, 0.29) is 49.5 Å². The van der Waals surface area contributed by atoms with Gasteiger partial charge in [-0.15, -0.1) is 0 Å². The van der Waals surface area contributed by atoms with Crippen molar-refractivity contribution in [3.63, 3.8) is 0 Å². The average molecular weight is 1080 g/mol. The van der Waals surface area contributed by atoms with E-state index in [0.29, 0.717) is 29.7 Å². The molecule has 1 heterocycles. The van der Waals surface area contributed by atoms with Crippen molar-refractivity contribution in [3.8, 4) is 5.75 Å². The van der Waals surface area contributed by atoms with Crippen LogP contribution in [0.4, 0.5) is 5.69 Å². The van der Waals surface area contributed by atoms with Gasteiger partial charge in [-0.25, -0.2) is 0 Å². The first kappa shape index (κ1) is 60.2. The molecule has 25 heteroatoms. The number of carboxylic acids is 1. The van der Waals surface area contributed by atoms with Gasteiger partial charge in [-0.3, -0.25) is 43.2 Å². The number of carbonyl (C=O) groups is 9. The van der Waals surface area contributed by atoms with E-state index in [4.69, 9.17) is 28.0 Å². The number of hydrogen-bond acceptors (Lipinski definition) is 15. The van der Waals surface area contributed by atoms with Crippen LogP contribution in [-0.4, -0.2) is 135 Å². The van der Waals surface area contributed by atoms with Gasteiger partial charge in [0.15, 0.2) is 0 Å². The van der Waals surface area contributed by atoms with Gasteiger partial charge >= 0.3 is 5.97 Å². The second kappa shape index (κ2) is 29.5. The number of primary amides is 1. The number of aromatic nitrogens is 1. The zero-order valence-corrected chi connectivity index (χ0v) is 43.3. The minimum absolute atomic E-state index is 0.0225. The summed E-state index contributed by atoms with van der Waals surface area (Å²) < 4.78 is 0. The fraction of sp³-hybridized carbons (Fsp3) is 0.420. The van der Waals surface area contributed by atoms with E-state index in [1.54, 1.807) is 50.4 Å². The van der Waals surface area contributed by atoms with Crippen molar-refractivity contribution >= 4 is 95.1 Å². The number of phenols is 1. The van der Waals surface area contributed by atoms with E-state index >= 15 is 0 Å². The standard InChI is InChI=1S/C50H68N12O11S2/c1-26(2)42(50(73)61-40(25-75)48(71)57-36(43(54)66)22-41(64)65)62-45(68)35(9-5-6-18-51)56-47(70)38(21-29-23-55-34-8-4-3-7-32(29)34)59-46(69)37(20-28-12-16-31(63)17-13-28)58-49(72)39(24-74)60-44(67)33(53)19-27-10-14-30(52)15-11-27/h3-4,7-8,10-17,23,26,33,35-40,42,55,63,74-75H,5-6,9,18-22,24-25,51-53H2,1-2H3,(H2,54,66)(H,56,70)(H,57,71)(H,58,72)(H,59,69)(H,60,67)(H,61,73)(H,62,68)(H,64,65)/t33-,35+,36+,37+,38-,39+,40+,42+/m1/s1. The van der Waals surface area contributed by atoms with Crippen LogP contribution in [-0.2, 0) is 62.4 Å². The Kier molecular flexibility index (Phi) is 23.7. The summed E-state index contributed by atoms with van der Waals surface area (Å²) in [5, 5.41) is 38.0. The predicted octanol–water partition coefficient (Wildman–Crippen LogP) is -1.19. The molecule has 8 atom stereocenters. The SMILES string of the molecule is CC(C)[C@H](NC(=O)[C@H](CCCCN)NC(=O)[C@@H](Cc1c[nH]c2ccccc12)NC(=O)[C@H](Cc1ccc(O)cc1)NC(=O)[C@H](CS)NC(=O)[C@H](N)Cc1ccc(N)cc1)C(=O)N[C@@H](CS)C(=O)N[C@@H](CC(=O)O)C(N)=O. The smallest absolute Gasteiger partial charge is 0.305 e. The van der Waals surface area contributed by atoms with E-state index in [0.717, 1.165) is 16.5 Å². The number of carbonyl (C=O) groups excluding carboxylic acids is 8. The number of para-hydroxylation sites is 1. The number of aromatic amines is 1. The summed E-state index contributed by atoms with van der Waals surface area (Å²) in [4.78, 5) is 124. The summed E-state index contributed by atoms with van der Waals surface area (Å²) >= 11 is 8.44. The quantitative estimate of drug-likeness (QED) is 0.0166. The molecule has 0 saturated carbocycles. The molecule has 23 nitrogen and oxygen atoms in total. The molecule has 4 rings (SSSR count). The number of thiol groups is 2. The lowest BCUT2D eigenvalue weighted by atomic mass is 10.00. The van der Waals surface area contributed by atoms with E-state index in [1.165, 1.54) is 24.3 Å². The number of phenolic OH excluding ortho intramolecular Hbond substituents is 1. The molecule has 1 aromatic heterocycles. The van der Waals surface area contributed by atoms with Crippen molar-refractivity contribution < 1.29 is 53.4 Å². The van der Waals surface area contributed by atoms with Gasteiger partial charge in [0.1, 0.15) is 48.0 Å². The Morgan fingerprint density at radius 1 is 0.600 bits per heavy atom. The maximum absolute atomic E-state index is 14.7. The van der Waals surface area contributed by atoms with Gasteiger partial charge in [0.25, 0.3) is 0 Å². The highest BCUT2D eigenvalue weighted by Crippen LogP contribution is 2.20. The highest BCUT2D eigenvalue weighted by atomic mass is 32.1. The number of benzene rings is 3. The number of aliphatic carboxylic acids is 1. The first-order chi connectivity index (χ1) is 35.6. The van der Waals surface area contributed by atoms with Gasteiger partial charge in [-0.1, -0.05) is 56.3 Å². The predicted molar refractivity (Wildman–Crippen MR) is 287 cm³/mol. The zero-order chi connectivity index (χ0) is 55.4. The molecule has 0 fully saturated rings. The number of anilines is 1. The largest absolute Gasteiger partial charge is 0.508 e. The number of carboxylic acid groups (broad SMARTS) is 1. The van der Waals surface area contributed by atoms with Crippen LogP contribution in [0.1, 0.15) is 56.2 Å². The monoisotopic (exact) mass is 1080 g/mol. The number of nitrogens with one attached hydrogen (secondary N) is 8. The molecule has 0 radical (unpaired) electrons. The molecule has 75 heavy (non-hydrogen) atoms. The number of fused-ring (bicyclic) bond motifs is 1. The van der Waals surface area contributed by atoms with Crippen LogP contribution in [0.15, 0.2) is 79.0 Å². The molecule has 406 valence electrons. The molecule has 0 bridgehead atoms. The van der Waals surface area contributed by atoms with E-state index in [2.05, 4.69) is 67.5 Å². The van der Waals surface area contributed by atoms with Crippen LogP contribution in [0.25, 0.3) is 10.9 Å². The second-order valence-electron chi connectivity index (χ2n) is 18.2. The van der Waals surface area contributed by atoms with Crippen LogP contribution >= 0.6 is 25.3 Å². The third-order valence-electron chi connectivity index (χ3n) is 12.0. The second-order valence-corrected chi connectivity index (χ2v) is 19.0. The molecular weight excluding hydrogens is 1010 g/mol. The molecule has 8 amide bonds. The van der Waals surface area contributed by atoms with E-state index < -0.39 is 114 Å². The molecule has 0 unspecified atom stereocenters. The van der Waals surface area contributed by atoms with Crippen LogP contribution in [0.5, 0.6) is 5.75 Å². The van der Waals surface area contributed by atoms with Gasteiger partial charge in [0, 0.05) is 47.1 Å². The van der Waals surface area contributed by atoms with E-state index in [9.17, 15) is 48.3 Å². The normalized spacial score (nSPS) is 14.4. The lowest BCUT2D eigenvalue weighted by Gasteiger charge is -2.29. The van der Waals surface area contributed by atoms with E-state index in [1.807, 2.05) is 18.2 Å². The maximum Gasteiger partial charge on any atom is 0.305 e. The van der Waals surface area contributed by atoms with Gasteiger partial charge in [0.2, 0.25) is 47.3 Å². The van der Waals surface area contributed by atoms with Crippen molar-refractivity contribution in [2.24, 2.45) is 23.1 Å². The summed E-state index contributed by atoms with van der Waals surface area (Å²) in [6.07, 6.45) is 1.48. The average Bonchev–Trinajstić information content (AvgIpc) is 3.78. The fourth-order valence-electron chi connectivity index (χ4n) is 7.77. The van der Waals surface area contributed by atoms with Gasteiger partial charge < -0.3 is 75.3 Å². The van der Waals surface area contributed by atoms with Crippen molar-refractivity contribution in [1.82, 2.24) is 42.2 Å². The maximum atomic E-state index is 14.7. The molecule has 0 aliphatic heterocycles. The number of aromatic hydroxyl groups is 1. The third-order valence-corrected chi connectivity index (χ3v) is 12.7.